The van der Waals surface area contributed by atoms with Crippen molar-refractivity contribution in [3.63, 3.8) is 0 Å². The summed E-state index contributed by atoms with van der Waals surface area (Å²) in [5.41, 5.74) is 16.6. The highest BCUT2D eigenvalue weighted by atomic mass is 28.4. The van der Waals surface area contributed by atoms with Crippen LogP contribution in [0.15, 0.2) is 0 Å². The number of hydrogen-bond acceptors (Lipinski definition) is 7. The lowest BCUT2D eigenvalue weighted by atomic mass is 10.4. The molecule has 0 atom stereocenters. The first-order valence-electron chi connectivity index (χ1n) is 10.1. The van der Waals surface area contributed by atoms with Crippen molar-refractivity contribution in [1.29, 1.82) is 0 Å². The van der Waals surface area contributed by atoms with Gasteiger partial charge in [0.25, 0.3) is 0 Å². The second-order valence-corrected chi connectivity index (χ2v) is 10.7. The van der Waals surface area contributed by atoms with Crippen molar-refractivity contribution in [2.24, 2.45) is 17.2 Å². The Kier molecular flexibility index (Phi) is 18.7. The van der Waals surface area contributed by atoms with E-state index in [9.17, 15) is 0 Å². The Bertz CT molecular complexity index is 237. The molecule has 0 heterocycles. The predicted octanol–water partition coefficient (Wildman–Crippen LogP) is -0.216. The van der Waals surface area contributed by atoms with E-state index < -0.39 is 8.32 Å². The zero-order valence-corrected chi connectivity index (χ0v) is 17.5. The molecule has 0 unspecified atom stereocenters. The Balaban J connectivity index is 4.40. The van der Waals surface area contributed by atoms with Crippen LogP contribution in [0.4, 0.5) is 0 Å². The van der Waals surface area contributed by atoms with E-state index in [-0.39, 0.29) is 0 Å². The maximum absolute atomic E-state index is 6.43. The van der Waals surface area contributed by atoms with Crippen molar-refractivity contribution in [2.45, 2.75) is 44.3 Å². The fourth-order valence-corrected chi connectivity index (χ4v) is 7.44. The molecule has 0 bridgehead atoms. The van der Waals surface area contributed by atoms with Gasteiger partial charge in [0, 0.05) is 45.9 Å². The van der Waals surface area contributed by atoms with Gasteiger partial charge < -0.3 is 37.6 Å². The molecule has 152 valence electrons. The van der Waals surface area contributed by atoms with E-state index in [2.05, 4.69) is 22.9 Å². The second-order valence-electron chi connectivity index (χ2n) is 6.54. The molecule has 0 aliphatic rings. The monoisotopic (exact) mass is 376 g/mol. The summed E-state index contributed by atoms with van der Waals surface area (Å²) >= 11 is 0. The fraction of sp³-hybridized carbons (Fsp3) is 1.00. The van der Waals surface area contributed by atoms with E-state index in [4.69, 9.17) is 21.6 Å². The molecule has 0 aromatic rings. The summed E-state index contributed by atoms with van der Waals surface area (Å²) in [5.74, 6) is 0. The Morgan fingerprint density at radius 2 is 1.00 bits per heavy atom. The summed E-state index contributed by atoms with van der Waals surface area (Å²) in [6.45, 7) is 10.9. The third-order valence-corrected chi connectivity index (χ3v) is 9.07. The lowest BCUT2D eigenvalue weighted by Crippen LogP contribution is -2.40. The first-order chi connectivity index (χ1) is 12.2. The topological polar surface area (TPSA) is 123 Å². The van der Waals surface area contributed by atoms with E-state index >= 15 is 0 Å². The molecule has 0 spiro atoms. The van der Waals surface area contributed by atoms with Crippen LogP contribution in [-0.2, 0) is 4.43 Å². The van der Waals surface area contributed by atoms with Crippen molar-refractivity contribution < 1.29 is 4.43 Å². The maximum Gasteiger partial charge on any atom is 0.192 e. The molecular formula is C17H44N6OSi. The lowest BCUT2D eigenvalue weighted by Gasteiger charge is -2.32. The van der Waals surface area contributed by atoms with Gasteiger partial charge in [0.1, 0.15) is 0 Å². The number of nitrogens with two attached hydrogens (primary N) is 3. The molecule has 0 radical (unpaired) electrons. The van der Waals surface area contributed by atoms with Crippen LogP contribution < -0.4 is 33.2 Å². The Hall–Kier alpha value is -0.0631. The normalized spacial score (nSPS) is 12.0. The molecule has 0 saturated heterocycles. The van der Waals surface area contributed by atoms with Gasteiger partial charge in [0.15, 0.2) is 8.32 Å². The van der Waals surface area contributed by atoms with Gasteiger partial charge in [-0.05, 0) is 64.0 Å². The molecule has 0 amide bonds. The average Bonchev–Trinajstić information content (AvgIpc) is 2.61. The van der Waals surface area contributed by atoms with Crippen molar-refractivity contribution in [3.8, 4) is 0 Å². The van der Waals surface area contributed by atoms with Crippen molar-refractivity contribution in [2.75, 3.05) is 65.5 Å². The van der Waals surface area contributed by atoms with Crippen LogP contribution in [0.2, 0.25) is 18.1 Å². The molecule has 0 saturated carbocycles. The van der Waals surface area contributed by atoms with Gasteiger partial charge in [-0.25, -0.2) is 0 Å². The van der Waals surface area contributed by atoms with Gasteiger partial charge in [0.05, 0.1) is 0 Å². The van der Waals surface area contributed by atoms with E-state index in [1.54, 1.807) is 0 Å². The maximum atomic E-state index is 6.43. The summed E-state index contributed by atoms with van der Waals surface area (Å²) in [6.07, 6.45) is 3.54. The van der Waals surface area contributed by atoms with Gasteiger partial charge in [-0.3, -0.25) is 0 Å². The number of rotatable bonds is 20. The summed E-state index contributed by atoms with van der Waals surface area (Å²) in [5, 5.41) is 10.2. The van der Waals surface area contributed by atoms with Gasteiger partial charge >= 0.3 is 0 Å². The Labute approximate surface area is 156 Å². The van der Waals surface area contributed by atoms with E-state index in [0.717, 1.165) is 45.9 Å². The lowest BCUT2D eigenvalue weighted by molar-refractivity contribution is 0.314. The molecule has 0 fully saturated rings. The largest absolute Gasteiger partial charge is 0.417 e. The van der Waals surface area contributed by atoms with Gasteiger partial charge in [-0.1, -0.05) is 0 Å². The van der Waals surface area contributed by atoms with E-state index in [1.807, 2.05) is 0 Å². The van der Waals surface area contributed by atoms with Gasteiger partial charge in [-0.15, -0.1) is 0 Å². The minimum absolute atomic E-state index is 0.702. The summed E-state index contributed by atoms with van der Waals surface area (Å²) in [7, 11) is -1.69. The smallest absolute Gasteiger partial charge is 0.192 e. The third kappa shape index (κ3) is 14.8. The SMILES string of the molecule is CCO[Si](CCCNCCN)(CCCNCCN)CCCNCCN. The van der Waals surface area contributed by atoms with Crippen LogP contribution in [0.5, 0.6) is 0 Å². The molecule has 9 N–H and O–H groups in total. The minimum Gasteiger partial charge on any atom is -0.417 e. The van der Waals surface area contributed by atoms with Crippen LogP contribution >= 0.6 is 0 Å². The van der Waals surface area contributed by atoms with Crippen molar-refractivity contribution in [1.82, 2.24) is 16.0 Å². The molecular weight excluding hydrogens is 332 g/mol. The van der Waals surface area contributed by atoms with Crippen molar-refractivity contribution in [3.05, 3.63) is 0 Å². The zero-order chi connectivity index (χ0) is 18.6. The first kappa shape index (κ1) is 24.9. The van der Waals surface area contributed by atoms with Crippen LogP contribution in [-0.4, -0.2) is 73.8 Å². The summed E-state index contributed by atoms with van der Waals surface area (Å²) in [6, 6.07) is 3.69. The predicted molar refractivity (Wildman–Crippen MR) is 111 cm³/mol. The third-order valence-electron chi connectivity index (χ3n) is 4.37. The average molecular weight is 377 g/mol. The Morgan fingerprint density at radius 1 is 0.640 bits per heavy atom. The standard InChI is InChI=1S/C17H44N6OSi/c1-2-24-25(15-3-9-21-12-6-18,16-4-10-22-13-7-19)17-5-11-23-14-8-20/h21-23H,2-20H2,1H3. The Morgan fingerprint density at radius 3 is 1.28 bits per heavy atom. The molecule has 0 aliphatic carbocycles. The molecule has 0 aromatic carbocycles. The zero-order valence-electron chi connectivity index (χ0n) is 16.5. The quantitative estimate of drug-likeness (QED) is 0.128. The highest BCUT2D eigenvalue weighted by Crippen LogP contribution is 2.27. The van der Waals surface area contributed by atoms with Crippen molar-refractivity contribution >= 4 is 8.32 Å². The van der Waals surface area contributed by atoms with E-state index in [1.165, 1.54) is 37.4 Å². The van der Waals surface area contributed by atoms with Crippen LogP contribution in [0.3, 0.4) is 0 Å². The first-order valence-corrected chi connectivity index (χ1v) is 12.6. The molecule has 0 aliphatic heterocycles. The summed E-state index contributed by atoms with van der Waals surface area (Å²) in [4.78, 5) is 0. The highest BCUT2D eigenvalue weighted by molar-refractivity contribution is 6.73. The minimum atomic E-state index is -1.69. The summed E-state index contributed by atoms with van der Waals surface area (Å²) < 4.78 is 6.43. The molecule has 8 heteroatoms. The number of hydrogen-bond donors (Lipinski definition) is 6. The molecule has 7 nitrogen and oxygen atoms in total. The molecule has 25 heavy (non-hydrogen) atoms. The van der Waals surface area contributed by atoms with E-state index in [0.29, 0.717) is 19.6 Å². The second kappa shape index (κ2) is 18.7. The highest BCUT2D eigenvalue weighted by Gasteiger charge is 2.32. The fourth-order valence-electron chi connectivity index (χ4n) is 3.19. The van der Waals surface area contributed by atoms with Crippen LogP contribution in [0.25, 0.3) is 0 Å². The van der Waals surface area contributed by atoms with Gasteiger partial charge in [0.2, 0.25) is 0 Å². The molecule has 0 rings (SSSR count). The van der Waals surface area contributed by atoms with Crippen LogP contribution in [0, 0.1) is 0 Å². The van der Waals surface area contributed by atoms with Gasteiger partial charge in [-0.2, -0.15) is 0 Å². The van der Waals surface area contributed by atoms with Crippen LogP contribution in [0.1, 0.15) is 26.2 Å². The molecule has 0 aromatic heterocycles. The number of nitrogens with one attached hydrogen (secondary N) is 3.